The smallest absolute Gasteiger partial charge is 0.309 e. The van der Waals surface area contributed by atoms with Crippen molar-refractivity contribution in [2.45, 2.75) is 25.2 Å². The van der Waals surface area contributed by atoms with Crippen molar-refractivity contribution in [2.75, 3.05) is 7.11 Å². The van der Waals surface area contributed by atoms with Crippen LogP contribution in [-0.4, -0.2) is 24.2 Å². The number of methoxy groups -OCH3 is 1. The van der Waals surface area contributed by atoms with Gasteiger partial charge in [-0.15, -0.1) is 0 Å². The molecule has 1 saturated carbocycles. The predicted molar refractivity (Wildman–Crippen MR) is 48.7 cm³/mol. The molecule has 0 aromatic carbocycles. The number of esters is 1. The van der Waals surface area contributed by atoms with E-state index in [-0.39, 0.29) is 6.42 Å². The van der Waals surface area contributed by atoms with E-state index in [4.69, 9.17) is 11.6 Å². The maximum absolute atomic E-state index is 13.0. The standard InChI is InChI=1S/C9H11ClF2O3/c1-15-8(14)6-4-9(11,12)3-2-5(6)7(10)13/h5-6H,2-4H2,1H3/t5-,6-/m1/s1. The molecular formula is C9H11ClF2O3. The van der Waals surface area contributed by atoms with Gasteiger partial charge in [0.2, 0.25) is 11.2 Å². The Labute approximate surface area is 90.7 Å². The van der Waals surface area contributed by atoms with Crippen LogP contribution in [0, 0.1) is 11.8 Å². The molecule has 1 rings (SSSR count). The van der Waals surface area contributed by atoms with E-state index >= 15 is 0 Å². The van der Waals surface area contributed by atoms with Crippen molar-refractivity contribution in [2.24, 2.45) is 11.8 Å². The maximum atomic E-state index is 13.0. The van der Waals surface area contributed by atoms with Gasteiger partial charge in [0.15, 0.2) is 0 Å². The van der Waals surface area contributed by atoms with E-state index in [1.807, 2.05) is 0 Å². The Hall–Kier alpha value is -0.710. The lowest BCUT2D eigenvalue weighted by Crippen LogP contribution is -2.39. The van der Waals surface area contributed by atoms with Crippen LogP contribution in [0.25, 0.3) is 0 Å². The molecule has 1 aliphatic carbocycles. The minimum atomic E-state index is -2.91. The van der Waals surface area contributed by atoms with Gasteiger partial charge in [0.25, 0.3) is 0 Å². The Morgan fingerprint density at radius 3 is 2.47 bits per heavy atom. The summed E-state index contributed by atoms with van der Waals surface area (Å²) in [5.41, 5.74) is 0. The van der Waals surface area contributed by atoms with Crippen molar-refractivity contribution in [1.82, 2.24) is 0 Å². The molecule has 0 amide bonds. The SMILES string of the molecule is COC(=O)[C@@H]1CC(F)(F)CC[C@H]1C(=O)Cl. The summed E-state index contributed by atoms with van der Waals surface area (Å²) in [7, 11) is 1.10. The van der Waals surface area contributed by atoms with Crippen molar-refractivity contribution >= 4 is 22.8 Å². The van der Waals surface area contributed by atoms with Crippen LogP contribution in [0.2, 0.25) is 0 Å². The van der Waals surface area contributed by atoms with Crippen molar-refractivity contribution in [3.63, 3.8) is 0 Å². The van der Waals surface area contributed by atoms with Gasteiger partial charge in [-0.3, -0.25) is 9.59 Å². The fraction of sp³-hybridized carbons (Fsp3) is 0.778. The highest BCUT2D eigenvalue weighted by Crippen LogP contribution is 2.41. The summed E-state index contributed by atoms with van der Waals surface area (Å²) in [6, 6.07) is 0. The summed E-state index contributed by atoms with van der Waals surface area (Å²) in [5, 5.41) is -0.749. The lowest BCUT2D eigenvalue weighted by atomic mass is 9.78. The van der Waals surface area contributed by atoms with Crippen LogP contribution < -0.4 is 0 Å². The summed E-state index contributed by atoms with van der Waals surface area (Å²) >= 11 is 5.25. The number of carbonyl (C=O) groups is 2. The van der Waals surface area contributed by atoms with E-state index in [1.54, 1.807) is 0 Å². The Bertz CT molecular complexity index is 281. The molecule has 0 saturated heterocycles. The quantitative estimate of drug-likeness (QED) is 0.548. The molecule has 0 N–H and O–H groups in total. The van der Waals surface area contributed by atoms with Crippen LogP contribution in [0.15, 0.2) is 0 Å². The Kier molecular flexibility index (Phi) is 3.65. The van der Waals surface area contributed by atoms with E-state index in [2.05, 4.69) is 4.74 Å². The number of ether oxygens (including phenoxy) is 1. The molecule has 2 atom stereocenters. The molecule has 0 aliphatic heterocycles. The Morgan fingerprint density at radius 1 is 1.40 bits per heavy atom. The van der Waals surface area contributed by atoms with Gasteiger partial charge < -0.3 is 4.74 Å². The molecular weight excluding hydrogens is 230 g/mol. The first-order chi connectivity index (χ1) is 6.87. The normalized spacial score (nSPS) is 29.6. The van der Waals surface area contributed by atoms with E-state index in [0.717, 1.165) is 7.11 Å². The number of halogens is 3. The zero-order chi connectivity index (χ0) is 11.6. The van der Waals surface area contributed by atoms with Gasteiger partial charge in [0.1, 0.15) is 0 Å². The first kappa shape index (κ1) is 12.4. The second-order valence-electron chi connectivity index (χ2n) is 3.64. The van der Waals surface area contributed by atoms with Crippen LogP contribution in [0.3, 0.4) is 0 Å². The van der Waals surface area contributed by atoms with E-state index in [0.29, 0.717) is 0 Å². The maximum Gasteiger partial charge on any atom is 0.309 e. The van der Waals surface area contributed by atoms with Gasteiger partial charge in [0.05, 0.1) is 13.0 Å². The number of alkyl halides is 2. The molecule has 0 heterocycles. The first-order valence-corrected chi connectivity index (χ1v) is 4.90. The molecule has 86 valence electrons. The van der Waals surface area contributed by atoms with Gasteiger partial charge in [-0.1, -0.05) is 0 Å². The summed E-state index contributed by atoms with van der Waals surface area (Å²) < 4.78 is 30.4. The third kappa shape index (κ3) is 2.87. The Morgan fingerprint density at radius 2 is 2.00 bits per heavy atom. The number of carbonyl (C=O) groups excluding carboxylic acids is 2. The van der Waals surface area contributed by atoms with E-state index < -0.39 is 41.8 Å². The average molecular weight is 241 g/mol. The van der Waals surface area contributed by atoms with Crippen LogP contribution in [0.4, 0.5) is 8.78 Å². The molecule has 0 aromatic rings. The summed E-state index contributed by atoms with van der Waals surface area (Å²) in [5.74, 6) is -5.68. The summed E-state index contributed by atoms with van der Waals surface area (Å²) in [6.07, 6.45) is -1.15. The molecule has 0 unspecified atom stereocenters. The number of hydrogen-bond acceptors (Lipinski definition) is 3. The Balaban J connectivity index is 2.83. The van der Waals surface area contributed by atoms with Gasteiger partial charge >= 0.3 is 5.97 Å². The van der Waals surface area contributed by atoms with Crippen LogP contribution >= 0.6 is 11.6 Å². The molecule has 0 aromatic heterocycles. The van der Waals surface area contributed by atoms with Crippen molar-refractivity contribution < 1.29 is 23.1 Å². The minimum Gasteiger partial charge on any atom is -0.469 e. The molecule has 0 radical (unpaired) electrons. The zero-order valence-electron chi connectivity index (χ0n) is 8.13. The van der Waals surface area contributed by atoms with Crippen molar-refractivity contribution in [3.8, 4) is 0 Å². The van der Waals surface area contributed by atoms with E-state index in [1.165, 1.54) is 0 Å². The monoisotopic (exact) mass is 240 g/mol. The highest BCUT2D eigenvalue weighted by molar-refractivity contribution is 6.64. The van der Waals surface area contributed by atoms with Crippen LogP contribution in [-0.2, 0) is 14.3 Å². The molecule has 6 heteroatoms. The first-order valence-electron chi connectivity index (χ1n) is 4.52. The largest absolute Gasteiger partial charge is 0.469 e. The lowest BCUT2D eigenvalue weighted by Gasteiger charge is -2.32. The van der Waals surface area contributed by atoms with Crippen LogP contribution in [0.1, 0.15) is 19.3 Å². The van der Waals surface area contributed by atoms with E-state index in [9.17, 15) is 18.4 Å². The third-order valence-corrected chi connectivity index (χ3v) is 2.90. The van der Waals surface area contributed by atoms with Crippen LogP contribution in [0.5, 0.6) is 0 Å². The van der Waals surface area contributed by atoms with Crippen molar-refractivity contribution in [3.05, 3.63) is 0 Å². The third-order valence-electron chi connectivity index (χ3n) is 2.62. The molecule has 0 spiro atoms. The molecule has 1 aliphatic rings. The molecule has 1 fully saturated rings. The second kappa shape index (κ2) is 4.43. The predicted octanol–water partition coefficient (Wildman–Crippen LogP) is 1.98. The van der Waals surface area contributed by atoms with Gasteiger partial charge in [-0.25, -0.2) is 8.78 Å². The summed E-state index contributed by atoms with van der Waals surface area (Å²) in [6.45, 7) is 0. The highest BCUT2D eigenvalue weighted by Gasteiger charge is 2.47. The lowest BCUT2D eigenvalue weighted by molar-refractivity contribution is -0.158. The average Bonchev–Trinajstić information content (AvgIpc) is 2.14. The highest BCUT2D eigenvalue weighted by atomic mass is 35.5. The number of rotatable bonds is 2. The summed E-state index contributed by atoms with van der Waals surface area (Å²) in [4.78, 5) is 22.2. The van der Waals surface area contributed by atoms with Gasteiger partial charge in [0, 0.05) is 18.8 Å². The molecule has 15 heavy (non-hydrogen) atoms. The molecule has 0 bridgehead atoms. The fourth-order valence-corrected chi connectivity index (χ4v) is 2.07. The minimum absolute atomic E-state index is 0.0743. The molecule has 3 nitrogen and oxygen atoms in total. The van der Waals surface area contributed by atoms with Gasteiger partial charge in [-0.05, 0) is 18.0 Å². The van der Waals surface area contributed by atoms with Crippen molar-refractivity contribution in [1.29, 1.82) is 0 Å². The fourth-order valence-electron chi connectivity index (χ4n) is 1.80. The topological polar surface area (TPSA) is 43.4 Å². The zero-order valence-corrected chi connectivity index (χ0v) is 8.89. The number of hydrogen-bond donors (Lipinski definition) is 0. The van der Waals surface area contributed by atoms with Gasteiger partial charge in [-0.2, -0.15) is 0 Å². The second-order valence-corrected chi connectivity index (χ2v) is 4.01.